The molecule has 1 unspecified atom stereocenters. The van der Waals surface area contributed by atoms with Crippen LogP contribution in [0.1, 0.15) is 19.8 Å². The third-order valence-electron chi connectivity index (χ3n) is 2.38. The van der Waals surface area contributed by atoms with Crippen molar-refractivity contribution in [2.75, 3.05) is 13.2 Å². The highest BCUT2D eigenvalue weighted by Crippen LogP contribution is 2.50. The molecule has 76 valence electrons. The molecule has 0 bridgehead atoms. The van der Waals surface area contributed by atoms with Crippen molar-refractivity contribution in [3.63, 3.8) is 0 Å². The Morgan fingerprint density at radius 2 is 2.23 bits per heavy atom. The molecular formula is C8H14O5. The Hall–Kier alpha value is -0.650. The van der Waals surface area contributed by atoms with Gasteiger partial charge in [-0.15, -0.1) is 0 Å². The third-order valence-corrected chi connectivity index (χ3v) is 2.38. The Morgan fingerprint density at radius 1 is 1.62 bits per heavy atom. The molecule has 5 heteroatoms. The second-order valence-corrected chi connectivity index (χ2v) is 3.15. The van der Waals surface area contributed by atoms with E-state index in [1.54, 1.807) is 6.92 Å². The standard InChI is InChI=1S/C8H14O5/c1-2-12-7(10)8(3-4-8)6(5-9)13-11/h6,9,11H,2-5H2,1H3. The van der Waals surface area contributed by atoms with Crippen LogP contribution in [0.25, 0.3) is 0 Å². The van der Waals surface area contributed by atoms with Crippen LogP contribution in [-0.2, 0) is 14.4 Å². The number of esters is 1. The second kappa shape index (κ2) is 4.04. The molecule has 5 nitrogen and oxygen atoms in total. The average Bonchev–Trinajstić information content (AvgIpc) is 2.89. The highest BCUT2D eigenvalue weighted by molar-refractivity contribution is 5.80. The summed E-state index contributed by atoms with van der Waals surface area (Å²) in [4.78, 5) is 15.4. The molecule has 0 aromatic heterocycles. The zero-order valence-corrected chi connectivity index (χ0v) is 7.52. The van der Waals surface area contributed by atoms with Crippen molar-refractivity contribution < 1.29 is 24.8 Å². The Morgan fingerprint density at radius 3 is 2.54 bits per heavy atom. The van der Waals surface area contributed by atoms with E-state index >= 15 is 0 Å². The highest BCUT2D eigenvalue weighted by Gasteiger charge is 2.58. The predicted octanol–water partition coefficient (Wildman–Crippen LogP) is 0.180. The number of carbonyl (C=O) groups excluding carboxylic acids is 1. The molecule has 0 saturated heterocycles. The Kier molecular flexibility index (Phi) is 3.24. The van der Waals surface area contributed by atoms with Crippen LogP contribution in [0.4, 0.5) is 0 Å². The molecule has 0 amide bonds. The van der Waals surface area contributed by atoms with Crippen LogP contribution in [0.2, 0.25) is 0 Å². The fourth-order valence-corrected chi connectivity index (χ4v) is 1.38. The molecule has 0 spiro atoms. The van der Waals surface area contributed by atoms with Crippen molar-refractivity contribution in [2.45, 2.75) is 25.9 Å². The zero-order valence-electron chi connectivity index (χ0n) is 7.52. The SMILES string of the molecule is CCOC(=O)C1(C(CO)OO)CC1. The zero-order chi connectivity index (χ0) is 9.90. The molecule has 1 atom stereocenters. The van der Waals surface area contributed by atoms with Crippen LogP contribution < -0.4 is 0 Å². The molecule has 0 aliphatic heterocycles. The largest absolute Gasteiger partial charge is 0.465 e. The number of rotatable bonds is 5. The van der Waals surface area contributed by atoms with Crippen LogP contribution in [0.3, 0.4) is 0 Å². The Labute approximate surface area is 76.2 Å². The van der Waals surface area contributed by atoms with Crippen molar-refractivity contribution >= 4 is 5.97 Å². The first-order valence-electron chi connectivity index (χ1n) is 4.29. The maximum atomic E-state index is 11.4. The molecule has 0 heterocycles. The van der Waals surface area contributed by atoms with Gasteiger partial charge in [-0.3, -0.25) is 10.1 Å². The molecule has 1 rings (SSSR count). The summed E-state index contributed by atoms with van der Waals surface area (Å²) in [6, 6.07) is 0. The normalized spacial score (nSPS) is 20.8. The fraction of sp³-hybridized carbons (Fsp3) is 0.875. The van der Waals surface area contributed by atoms with Crippen molar-refractivity contribution in [2.24, 2.45) is 5.41 Å². The molecule has 0 radical (unpaired) electrons. The smallest absolute Gasteiger partial charge is 0.314 e. The summed E-state index contributed by atoms with van der Waals surface area (Å²) in [5, 5.41) is 17.3. The number of hydrogen-bond donors (Lipinski definition) is 2. The monoisotopic (exact) mass is 190 g/mol. The molecule has 2 N–H and O–H groups in total. The second-order valence-electron chi connectivity index (χ2n) is 3.15. The summed E-state index contributed by atoms with van der Waals surface area (Å²) in [6.45, 7) is 1.63. The van der Waals surface area contributed by atoms with Crippen LogP contribution in [-0.4, -0.2) is 35.7 Å². The van der Waals surface area contributed by atoms with E-state index < -0.39 is 17.5 Å². The van der Waals surface area contributed by atoms with Gasteiger partial charge < -0.3 is 9.84 Å². The Bertz CT molecular complexity index is 183. The van der Waals surface area contributed by atoms with Gasteiger partial charge in [0.1, 0.15) is 6.10 Å². The van der Waals surface area contributed by atoms with Gasteiger partial charge in [0.15, 0.2) is 0 Å². The number of aliphatic hydroxyl groups excluding tert-OH is 1. The molecule has 1 aliphatic carbocycles. The van der Waals surface area contributed by atoms with E-state index in [-0.39, 0.29) is 6.61 Å². The first-order valence-corrected chi connectivity index (χ1v) is 4.29. The third kappa shape index (κ3) is 1.82. The van der Waals surface area contributed by atoms with Crippen molar-refractivity contribution in [3.8, 4) is 0 Å². The van der Waals surface area contributed by atoms with Gasteiger partial charge in [-0.05, 0) is 19.8 Å². The van der Waals surface area contributed by atoms with Gasteiger partial charge >= 0.3 is 5.97 Å². The molecule has 1 aliphatic rings. The van der Waals surface area contributed by atoms with E-state index in [1.807, 2.05) is 0 Å². The number of ether oxygens (including phenoxy) is 1. The van der Waals surface area contributed by atoms with Gasteiger partial charge in [-0.1, -0.05) is 0 Å². The molecular weight excluding hydrogens is 176 g/mol. The van der Waals surface area contributed by atoms with E-state index in [0.29, 0.717) is 19.4 Å². The first-order chi connectivity index (χ1) is 6.21. The van der Waals surface area contributed by atoms with Gasteiger partial charge in [-0.25, -0.2) is 4.89 Å². The van der Waals surface area contributed by atoms with E-state index in [2.05, 4.69) is 4.89 Å². The van der Waals surface area contributed by atoms with Gasteiger partial charge in [-0.2, -0.15) is 0 Å². The van der Waals surface area contributed by atoms with Gasteiger partial charge in [0, 0.05) is 0 Å². The van der Waals surface area contributed by atoms with E-state index in [4.69, 9.17) is 15.1 Å². The van der Waals surface area contributed by atoms with Crippen LogP contribution in [0, 0.1) is 5.41 Å². The lowest BCUT2D eigenvalue weighted by molar-refractivity contribution is -0.299. The minimum absolute atomic E-state index is 0.296. The van der Waals surface area contributed by atoms with Crippen LogP contribution >= 0.6 is 0 Å². The van der Waals surface area contributed by atoms with E-state index in [9.17, 15) is 4.79 Å². The van der Waals surface area contributed by atoms with E-state index in [0.717, 1.165) is 0 Å². The minimum Gasteiger partial charge on any atom is -0.465 e. The fourth-order valence-electron chi connectivity index (χ4n) is 1.38. The summed E-state index contributed by atoms with van der Waals surface area (Å²) in [5.41, 5.74) is -0.806. The number of aliphatic hydroxyl groups is 1. The molecule has 13 heavy (non-hydrogen) atoms. The lowest BCUT2D eigenvalue weighted by atomic mass is 10.0. The first kappa shape index (κ1) is 10.4. The van der Waals surface area contributed by atoms with Crippen molar-refractivity contribution in [1.29, 1.82) is 0 Å². The highest BCUT2D eigenvalue weighted by atomic mass is 17.1. The minimum atomic E-state index is -0.855. The molecule has 0 aromatic carbocycles. The number of hydrogen-bond acceptors (Lipinski definition) is 5. The Balaban J connectivity index is 2.59. The lowest BCUT2D eigenvalue weighted by Crippen LogP contribution is -2.36. The quantitative estimate of drug-likeness (QED) is 0.367. The van der Waals surface area contributed by atoms with E-state index in [1.165, 1.54) is 0 Å². The average molecular weight is 190 g/mol. The summed E-state index contributed by atoms with van der Waals surface area (Å²) < 4.78 is 4.81. The molecule has 0 aromatic rings. The molecule has 1 fully saturated rings. The summed E-state index contributed by atoms with van der Waals surface area (Å²) in [7, 11) is 0. The maximum absolute atomic E-state index is 11.4. The van der Waals surface area contributed by atoms with Crippen molar-refractivity contribution in [1.82, 2.24) is 0 Å². The number of carbonyl (C=O) groups is 1. The van der Waals surface area contributed by atoms with Gasteiger partial charge in [0.25, 0.3) is 0 Å². The van der Waals surface area contributed by atoms with Crippen molar-refractivity contribution in [3.05, 3.63) is 0 Å². The van der Waals surface area contributed by atoms with Gasteiger partial charge in [0.2, 0.25) is 0 Å². The van der Waals surface area contributed by atoms with Crippen LogP contribution in [0.5, 0.6) is 0 Å². The maximum Gasteiger partial charge on any atom is 0.314 e. The lowest BCUT2D eigenvalue weighted by Gasteiger charge is -2.19. The predicted molar refractivity (Wildman–Crippen MR) is 42.9 cm³/mol. The molecule has 1 saturated carbocycles. The van der Waals surface area contributed by atoms with Crippen LogP contribution in [0.15, 0.2) is 0 Å². The van der Waals surface area contributed by atoms with Gasteiger partial charge in [0.05, 0.1) is 18.6 Å². The topological polar surface area (TPSA) is 76.0 Å². The summed E-state index contributed by atoms with van der Waals surface area (Å²) in [5.74, 6) is -0.400. The summed E-state index contributed by atoms with van der Waals surface area (Å²) in [6.07, 6.45) is 0.335. The summed E-state index contributed by atoms with van der Waals surface area (Å²) >= 11 is 0.